The monoisotopic (exact) mass is 282 g/mol. The highest BCUT2D eigenvalue weighted by Gasteiger charge is 2.29. The summed E-state index contributed by atoms with van der Waals surface area (Å²) in [5, 5.41) is 7.27. The van der Waals surface area contributed by atoms with Crippen molar-refractivity contribution in [3.8, 4) is 11.1 Å². The third-order valence-electron chi connectivity index (χ3n) is 4.07. The van der Waals surface area contributed by atoms with E-state index < -0.39 is 0 Å². The molecule has 0 amide bonds. The molecule has 0 spiro atoms. The molecule has 0 aliphatic heterocycles. The van der Waals surface area contributed by atoms with Gasteiger partial charge in [-0.15, -0.1) is 0 Å². The average Bonchev–Trinajstić information content (AvgIpc) is 2.91. The molecule has 5 heteroatoms. The van der Waals surface area contributed by atoms with Crippen molar-refractivity contribution in [2.24, 2.45) is 11.7 Å². The molecule has 2 atom stereocenters. The summed E-state index contributed by atoms with van der Waals surface area (Å²) < 4.78 is 5.35. The van der Waals surface area contributed by atoms with Crippen LogP contribution in [0.4, 0.5) is 0 Å². The highest BCUT2D eigenvalue weighted by atomic mass is 16.5. The maximum absolute atomic E-state index is 7.27. The highest BCUT2D eigenvalue weighted by Crippen LogP contribution is 2.36. The van der Waals surface area contributed by atoms with E-state index in [4.69, 9.17) is 15.9 Å². The van der Waals surface area contributed by atoms with Crippen molar-refractivity contribution in [2.75, 3.05) is 0 Å². The smallest absolute Gasteiger partial charge is 0.279 e. The van der Waals surface area contributed by atoms with E-state index in [-0.39, 0.29) is 12.1 Å². The number of nitrogens with two attached hydrogens (primary N) is 1. The molecule has 5 nitrogen and oxygen atoms in total. The Bertz CT molecular complexity index is 657. The van der Waals surface area contributed by atoms with Crippen molar-refractivity contribution < 1.29 is 4.74 Å². The standard InChI is InChI=1S/C16H18N4O/c1-10(21-16(17)18)12-5-11-3-2-4-14(15(11)6-12)13-7-19-9-20-8-13/h2-4,7-10,12H,5-6H2,1H3,(H3,17,18). The van der Waals surface area contributed by atoms with Crippen molar-refractivity contribution in [3.63, 3.8) is 0 Å². The van der Waals surface area contributed by atoms with Crippen LogP contribution < -0.4 is 5.73 Å². The molecular formula is C16H18N4O. The van der Waals surface area contributed by atoms with E-state index in [1.807, 2.05) is 19.3 Å². The zero-order valence-corrected chi connectivity index (χ0v) is 11.9. The summed E-state index contributed by atoms with van der Waals surface area (Å²) >= 11 is 0. The molecule has 2 unspecified atom stereocenters. The van der Waals surface area contributed by atoms with Gasteiger partial charge in [-0.2, -0.15) is 0 Å². The average molecular weight is 282 g/mol. The van der Waals surface area contributed by atoms with Crippen LogP contribution in [0.15, 0.2) is 36.9 Å². The molecule has 108 valence electrons. The Hall–Kier alpha value is -2.43. The second kappa shape index (κ2) is 5.52. The summed E-state index contributed by atoms with van der Waals surface area (Å²) in [5.74, 6) is 0.342. The number of nitrogens with one attached hydrogen (secondary N) is 1. The second-order valence-corrected chi connectivity index (χ2v) is 5.43. The van der Waals surface area contributed by atoms with Gasteiger partial charge in [0.25, 0.3) is 6.02 Å². The number of hydrogen-bond acceptors (Lipinski definition) is 4. The number of hydrogen-bond donors (Lipinski definition) is 2. The van der Waals surface area contributed by atoms with Crippen molar-refractivity contribution in [3.05, 3.63) is 48.0 Å². The summed E-state index contributed by atoms with van der Waals surface area (Å²) in [5.41, 5.74) is 10.2. The lowest BCUT2D eigenvalue weighted by Crippen LogP contribution is -2.28. The second-order valence-electron chi connectivity index (χ2n) is 5.43. The van der Waals surface area contributed by atoms with Gasteiger partial charge in [0.05, 0.1) is 0 Å². The van der Waals surface area contributed by atoms with Crippen LogP contribution in [0.1, 0.15) is 18.1 Å². The van der Waals surface area contributed by atoms with Crippen LogP contribution in [0.2, 0.25) is 0 Å². The van der Waals surface area contributed by atoms with Crippen LogP contribution in [0, 0.1) is 11.3 Å². The van der Waals surface area contributed by atoms with Gasteiger partial charge in [0, 0.05) is 23.9 Å². The fraction of sp³-hybridized carbons (Fsp3) is 0.312. The van der Waals surface area contributed by atoms with Gasteiger partial charge in [0.15, 0.2) is 0 Å². The Balaban J connectivity index is 1.88. The number of fused-ring (bicyclic) bond motifs is 1. The van der Waals surface area contributed by atoms with Gasteiger partial charge in [-0.05, 0) is 36.5 Å². The normalized spacial score (nSPS) is 18.0. The van der Waals surface area contributed by atoms with Crippen LogP contribution in [0.25, 0.3) is 11.1 Å². The predicted octanol–water partition coefficient (Wildman–Crippen LogP) is 2.16. The predicted molar refractivity (Wildman–Crippen MR) is 80.8 cm³/mol. The molecule has 0 saturated carbocycles. The third-order valence-corrected chi connectivity index (χ3v) is 4.07. The number of benzene rings is 1. The van der Waals surface area contributed by atoms with Gasteiger partial charge in [0.2, 0.25) is 0 Å². The van der Waals surface area contributed by atoms with Crippen LogP contribution >= 0.6 is 0 Å². The maximum atomic E-state index is 7.27. The van der Waals surface area contributed by atoms with E-state index in [1.165, 1.54) is 23.0 Å². The van der Waals surface area contributed by atoms with Gasteiger partial charge in [-0.3, -0.25) is 5.41 Å². The van der Waals surface area contributed by atoms with Gasteiger partial charge in [-0.1, -0.05) is 18.2 Å². The van der Waals surface area contributed by atoms with Crippen molar-refractivity contribution >= 4 is 6.02 Å². The van der Waals surface area contributed by atoms with Crippen molar-refractivity contribution in [1.29, 1.82) is 5.41 Å². The molecule has 1 aromatic carbocycles. The molecule has 3 N–H and O–H groups in total. The molecule has 1 heterocycles. The number of ether oxygens (including phenoxy) is 1. The summed E-state index contributed by atoms with van der Waals surface area (Å²) in [6.45, 7) is 1.98. The molecular weight excluding hydrogens is 264 g/mol. The number of nitrogens with zero attached hydrogens (tertiary/aromatic N) is 2. The maximum Gasteiger partial charge on any atom is 0.279 e. The topological polar surface area (TPSA) is 84.9 Å². The third kappa shape index (κ3) is 2.72. The number of aromatic nitrogens is 2. The summed E-state index contributed by atoms with van der Waals surface area (Å²) in [4.78, 5) is 8.20. The van der Waals surface area contributed by atoms with E-state index in [1.54, 1.807) is 0 Å². The Morgan fingerprint density at radius 1 is 1.33 bits per heavy atom. The quantitative estimate of drug-likeness (QED) is 0.667. The Labute approximate surface area is 123 Å². The molecule has 1 aromatic heterocycles. The van der Waals surface area contributed by atoms with E-state index in [9.17, 15) is 0 Å². The highest BCUT2D eigenvalue weighted by molar-refractivity contribution is 5.69. The zero-order chi connectivity index (χ0) is 14.8. The molecule has 0 fully saturated rings. The minimum Gasteiger partial charge on any atom is -0.462 e. The van der Waals surface area contributed by atoms with Crippen LogP contribution in [-0.4, -0.2) is 22.1 Å². The molecule has 1 aliphatic carbocycles. The van der Waals surface area contributed by atoms with Crippen LogP contribution in [-0.2, 0) is 17.6 Å². The van der Waals surface area contributed by atoms with E-state index in [2.05, 4.69) is 28.2 Å². The van der Waals surface area contributed by atoms with E-state index in [0.717, 1.165) is 18.4 Å². The number of amidine groups is 1. The van der Waals surface area contributed by atoms with Gasteiger partial charge >= 0.3 is 0 Å². The SMILES string of the molecule is CC(OC(=N)N)C1Cc2cccc(-c3cncnc3)c2C1. The molecule has 0 saturated heterocycles. The van der Waals surface area contributed by atoms with Crippen LogP contribution in [0.3, 0.4) is 0 Å². The molecule has 3 rings (SSSR count). The molecule has 21 heavy (non-hydrogen) atoms. The molecule has 2 aromatic rings. The molecule has 0 radical (unpaired) electrons. The van der Waals surface area contributed by atoms with Crippen LogP contribution in [0.5, 0.6) is 0 Å². The summed E-state index contributed by atoms with van der Waals surface area (Å²) in [6.07, 6.45) is 7.03. The lowest BCUT2D eigenvalue weighted by Gasteiger charge is -2.19. The van der Waals surface area contributed by atoms with Crippen molar-refractivity contribution in [2.45, 2.75) is 25.9 Å². The van der Waals surface area contributed by atoms with Gasteiger partial charge in [0.1, 0.15) is 12.4 Å². The molecule has 0 bridgehead atoms. The Kier molecular flexibility index (Phi) is 3.56. The first-order valence-electron chi connectivity index (χ1n) is 7.02. The lowest BCUT2D eigenvalue weighted by molar-refractivity contribution is 0.139. The lowest BCUT2D eigenvalue weighted by atomic mass is 9.97. The summed E-state index contributed by atoms with van der Waals surface area (Å²) in [6, 6.07) is 6.12. The number of rotatable bonds is 3. The Morgan fingerprint density at radius 3 is 2.81 bits per heavy atom. The van der Waals surface area contributed by atoms with Crippen molar-refractivity contribution in [1.82, 2.24) is 9.97 Å². The van der Waals surface area contributed by atoms with E-state index >= 15 is 0 Å². The largest absolute Gasteiger partial charge is 0.462 e. The zero-order valence-electron chi connectivity index (χ0n) is 11.9. The van der Waals surface area contributed by atoms with E-state index in [0.29, 0.717) is 5.92 Å². The first-order valence-corrected chi connectivity index (χ1v) is 7.02. The fourth-order valence-corrected chi connectivity index (χ4v) is 3.02. The first-order chi connectivity index (χ1) is 10.1. The van der Waals surface area contributed by atoms with Gasteiger partial charge < -0.3 is 10.5 Å². The minimum atomic E-state index is -0.213. The minimum absolute atomic E-state index is 0.0604. The Morgan fingerprint density at radius 2 is 2.10 bits per heavy atom. The summed E-state index contributed by atoms with van der Waals surface area (Å²) in [7, 11) is 0. The molecule has 1 aliphatic rings. The van der Waals surface area contributed by atoms with Gasteiger partial charge in [-0.25, -0.2) is 9.97 Å². The first kappa shape index (κ1) is 13.5. The fourth-order valence-electron chi connectivity index (χ4n) is 3.02.